The van der Waals surface area contributed by atoms with Gasteiger partial charge in [-0.3, -0.25) is 9.80 Å². The van der Waals surface area contributed by atoms with Crippen molar-refractivity contribution in [3.63, 3.8) is 0 Å². The summed E-state index contributed by atoms with van der Waals surface area (Å²) in [6.45, 7) is 3.28. The van der Waals surface area contributed by atoms with E-state index in [0.29, 0.717) is 48.6 Å². The van der Waals surface area contributed by atoms with Gasteiger partial charge < -0.3 is 4.74 Å². The second kappa shape index (κ2) is 8.24. The molecule has 0 bridgehead atoms. The van der Waals surface area contributed by atoms with E-state index in [1.807, 2.05) is 12.1 Å². The Morgan fingerprint density at radius 2 is 1.83 bits per heavy atom. The van der Waals surface area contributed by atoms with Crippen molar-refractivity contribution in [3.05, 3.63) is 47.9 Å². The molecule has 14 heteroatoms. The van der Waals surface area contributed by atoms with Crippen LogP contribution in [0.5, 0.6) is 0 Å². The van der Waals surface area contributed by atoms with Crippen molar-refractivity contribution in [2.75, 3.05) is 36.1 Å². The highest BCUT2D eigenvalue weighted by Crippen LogP contribution is 2.40. The number of benzene rings is 2. The Morgan fingerprint density at radius 1 is 1.11 bits per heavy atom. The number of rotatable bonds is 4. The maximum atomic E-state index is 14.1. The standard InChI is InChI=1S/C22H19FN6O4S3/c1-12-19(36(24,31)32)34-20(25-12)29-9-22(10-33-11-22)8-28(21(29)30)15-4-2-13(3-5-15)16-6-14(23)7-17-18(16)27-35-26-17/h2-7H,8-11H2,1H3,(H2,24,31,32). The lowest BCUT2D eigenvalue weighted by Gasteiger charge is -2.51. The fraction of sp³-hybridized carbons (Fsp3) is 0.273. The lowest BCUT2D eigenvalue weighted by Crippen LogP contribution is -2.65. The average Bonchev–Trinajstić information content (AvgIpc) is 3.44. The Balaban J connectivity index is 1.36. The summed E-state index contributed by atoms with van der Waals surface area (Å²) in [4.78, 5) is 21.1. The summed E-state index contributed by atoms with van der Waals surface area (Å²) < 4.78 is 51.8. The number of aromatic nitrogens is 3. The molecule has 2 amide bonds. The van der Waals surface area contributed by atoms with E-state index in [0.717, 1.165) is 28.6 Å². The summed E-state index contributed by atoms with van der Waals surface area (Å²) in [6.07, 6.45) is 0. The van der Waals surface area contributed by atoms with Crippen molar-refractivity contribution in [1.82, 2.24) is 13.7 Å². The van der Waals surface area contributed by atoms with Crippen molar-refractivity contribution in [2.24, 2.45) is 10.6 Å². The van der Waals surface area contributed by atoms with E-state index < -0.39 is 15.8 Å². The van der Waals surface area contributed by atoms with Crippen LogP contribution in [0.25, 0.3) is 22.2 Å². The first-order valence-electron chi connectivity index (χ1n) is 10.8. The van der Waals surface area contributed by atoms with Crippen molar-refractivity contribution < 1.29 is 22.3 Å². The molecule has 2 saturated heterocycles. The van der Waals surface area contributed by atoms with Crippen LogP contribution in [-0.2, 0) is 14.8 Å². The molecule has 4 heterocycles. The number of sulfonamides is 1. The quantitative estimate of drug-likeness (QED) is 0.415. The molecule has 4 aromatic rings. The zero-order valence-corrected chi connectivity index (χ0v) is 21.3. The number of hydrogen-bond acceptors (Lipinski definition) is 9. The van der Waals surface area contributed by atoms with Crippen molar-refractivity contribution in [2.45, 2.75) is 11.1 Å². The van der Waals surface area contributed by atoms with E-state index in [1.54, 1.807) is 24.0 Å². The molecule has 2 aromatic carbocycles. The smallest absolute Gasteiger partial charge is 0.330 e. The molecule has 2 aliphatic rings. The minimum absolute atomic E-state index is 0.0661. The van der Waals surface area contributed by atoms with Gasteiger partial charge in [0.15, 0.2) is 9.34 Å². The second-order valence-corrected chi connectivity index (χ2v) is 12.3. The van der Waals surface area contributed by atoms with Gasteiger partial charge in [0, 0.05) is 30.4 Å². The topological polar surface area (TPSA) is 132 Å². The normalized spacial score (nSPS) is 17.7. The van der Waals surface area contributed by atoms with Gasteiger partial charge in [0.1, 0.15) is 16.9 Å². The SMILES string of the molecule is Cc1nc(N2CC3(COC3)CN(c3ccc(-c4cc(F)cc5nsnc45)cc3)C2=O)sc1S(N)(=O)=O. The van der Waals surface area contributed by atoms with Crippen LogP contribution in [-0.4, -0.2) is 54.5 Å². The Kier molecular flexibility index (Phi) is 5.35. The van der Waals surface area contributed by atoms with E-state index >= 15 is 0 Å². The third kappa shape index (κ3) is 3.85. The summed E-state index contributed by atoms with van der Waals surface area (Å²) >= 11 is 1.90. The van der Waals surface area contributed by atoms with Crippen LogP contribution >= 0.6 is 23.1 Å². The molecule has 0 unspecified atom stereocenters. The Bertz CT molecular complexity index is 1610. The first-order valence-corrected chi connectivity index (χ1v) is 13.9. The highest BCUT2D eigenvalue weighted by Gasteiger charge is 2.49. The molecule has 0 saturated carbocycles. The fourth-order valence-corrected chi connectivity index (χ4v) is 7.05. The van der Waals surface area contributed by atoms with Gasteiger partial charge in [-0.15, -0.1) is 0 Å². The van der Waals surface area contributed by atoms with Gasteiger partial charge in [0.05, 0.1) is 36.1 Å². The van der Waals surface area contributed by atoms with Crippen molar-refractivity contribution in [1.29, 1.82) is 0 Å². The van der Waals surface area contributed by atoms with Gasteiger partial charge in [-0.25, -0.2) is 27.7 Å². The third-order valence-electron chi connectivity index (χ3n) is 6.31. The number of hydrogen-bond donors (Lipinski definition) is 1. The highest BCUT2D eigenvalue weighted by molar-refractivity contribution is 7.91. The lowest BCUT2D eigenvalue weighted by molar-refractivity contribution is -0.103. The summed E-state index contributed by atoms with van der Waals surface area (Å²) in [5.41, 5.74) is 3.05. The number of fused-ring (bicyclic) bond motifs is 1. The summed E-state index contributed by atoms with van der Waals surface area (Å²) in [5, 5.41) is 5.59. The first-order chi connectivity index (χ1) is 17.1. The molecule has 2 aromatic heterocycles. The van der Waals surface area contributed by atoms with Gasteiger partial charge >= 0.3 is 6.03 Å². The van der Waals surface area contributed by atoms with E-state index in [4.69, 9.17) is 9.88 Å². The Morgan fingerprint density at radius 3 is 2.47 bits per heavy atom. The molecule has 36 heavy (non-hydrogen) atoms. The number of amides is 2. The number of aryl methyl sites for hydroxylation is 1. The minimum atomic E-state index is -3.96. The van der Waals surface area contributed by atoms with Crippen LogP contribution in [0.2, 0.25) is 0 Å². The third-order valence-corrected chi connectivity index (χ3v) is 9.59. The van der Waals surface area contributed by atoms with Gasteiger partial charge in [-0.05, 0) is 30.7 Å². The van der Waals surface area contributed by atoms with Gasteiger partial charge in [-0.2, -0.15) is 8.75 Å². The molecule has 6 rings (SSSR count). The summed E-state index contributed by atoms with van der Waals surface area (Å²) in [5.74, 6) is -0.402. The molecule has 0 atom stereocenters. The van der Waals surface area contributed by atoms with Crippen LogP contribution in [0.3, 0.4) is 0 Å². The Hall–Kier alpha value is -3.04. The van der Waals surface area contributed by atoms with Crippen LogP contribution in [0.15, 0.2) is 40.6 Å². The number of carbonyl (C=O) groups is 1. The number of anilines is 2. The van der Waals surface area contributed by atoms with E-state index in [9.17, 15) is 17.6 Å². The molecule has 0 aliphatic carbocycles. The van der Waals surface area contributed by atoms with Gasteiger partial charge in [0.2, 0.25) is 10.0 Å². The number of halogens is 1. The summed E-state index contributed by atoms with van der Waals surface area (Å²) in [7, 11) is -3.96. The molecule has 10 nitrogen and oxygen atoms in total. The maximum absolute atomic E-state index is 14.1. The summed E-state index contributed by atoms with van der Waals surface area (Å²) in [6, 6.07) is 9.65. The number of thiazole rings is 1. The first kappa shape index (κ1) is 23.4. The highest BCUT2D eigenvalue weighted by atomic mass is 32.2. The number of nitrogens with two attached hydrogens (primary N) is 1. The maximum Gasteiger partial charge on any atom is 0.330 e. The van der Waals surface area contributed by atoms with E-state index in [1.165, 1.54) is 17.0 Å². The minimum Gasteiger partial charge on any atom is -0.380 e. The number of urea groups is 1. The molecule has 186 valence electrons. The van der Waals surface area contributed by atoms with Crippen molar-refractivity contribution >= 4 is 61.0 Å². The number of carbonyl (C=O) groups excluding carboxylic acids is 1. The predicted octanol–water partition coefficient (Wildman–Crippen LogP) is 3.37. The zero-order chi connectivity index (χ0) is 25.2. The number of nitrogens with zero attached hydrogens (tertiary/aromatic N) is 5. The van der Waals surface area contributed by atoms with E-state index in [-0.39, 0.29) is 26.5 Å². The van der Waals surface area contributed by atoms with Crippen LogP contribution in [0, 0.1) is 18.2 Å². The monoisotopic (exact) mass is 546 g/mol. The van der Waals surface area contributed by atoms with Crippen LogP contribution < -0.4 is 14.9 Å². The fourth-order valence-electron chi connectivity index (χ4n) is 4.57. The predicted molar refractivity (Wildman–Crippen MR) is 134 cm³/mol. The second-order valence-electron chi connectivity index (χ2n) is 8.99. The molecule has 2 N–H and O–H groups in total. The average molecular weight is 547 g/mol. The molecular formula is C22H19FN6O4S3. The molecular weight excluding hydrogens is 527 g/mol. The number of ether oxygens (including phenoxy) is 1. The van der Waals surface area contributed by atoms with Crippen molar-refractivity contribution in [3.8, 4) is 11.1 Å². The zero-order valence-electron chi connectivity index (χ0n) is 18.8. The van der Waals surface area contributed by atoms with Crippen LogP contribution in [0.4, 0.5) is 20.0 Å². The molecule has 0 radical (unpaired) electrons. The lowest BCUT2D eigenvalue weighted by atomic mass is 9.83. The molecule has 2 fully saturated rings. The molecule has 2 aliphatic heterocycles. The van der Waals surface area contributed by atoms with Crippen LogP contribution in [0.1, 0.15) is 5.69 Å². The number of primary sulfonamides is 1. The van der Waals surface area contributed by atoms with Gasteiger partial charge in [-0.1, -0.05) is 23.5 Å². The van der Waals surface area contributed by atoms with Gasteiger partial charge in [0.25, 0.3) is 0 Å². The Labute approximate surface area is 213 Å². The largest absolute Gasteiger partial charge is 0.380 e. The van der Waals surface area contributed by atoms with E-state index in [2.05, 4.69) is 13.7 Å². The molecule has 1 spiro atoms.